The van der Waals surface area contributed by atoms with Crippen LogP contribution in [0.15, 0.2) is 42.6 Å². The van der Waals surface area contributed by atoms with Gasteiger partial charge in [0.05, 0.1) is 0 Å². The molecule has 0 N–H and O–H groups in total. The SMILES string of the molecule is CC(C)(C)[Si](C)(C)N1CCc2cc(Cc3ccccc3)cnc21. The Morgan fingerprint density at radius 1 is 1.09 bits per heavy atom. The molecule has 0 fully saturated rings. The smallest absolute Gasteiger partial charge is 0.157 e. The van der Waals surface area contributed by atoms with E-state index in [1.807, 2.05) is 0 Å². The fraction of sp³-hybridized carbons (Fsp3) is 0.450. The molecule has 3 heteroatoms. The Bertz CT molecular complexity index is 687. The van der Waals surface area contributed by atoms with Crippen molar-refractivity contribution in [2.45, 2.75) is 51.7 Å². The number of benzene rings is 1. The molecule has 0 spiro atoms. The third-order valence-corrected chi connectivity index (χ3v) is 11.1. The summed E-state index contributed by atoms with van der Waals surface area (Å²) in [6.45, 7) is 13.2. The van der Waals surface area contributed by atoms with Crippen molar-refractivity contribution in [3.05, 3.63) is 59.3 Å². The second-order valence-corrected chi connectivity index (χ2v) is 13.4. The second-order valence-electron chi connectivity index (χ2n) is 8.20. The lowest BCUT2D eigenvalue weighted by Crippen LogP contribution is -2.54. The Hall–Kier alpha value is -1.61. The number of fused-ring (bicyclic) bond motifs is 1. The van der Waals surface area contributed by atoms with Crippen LogP contribution in [0.4, 0.5) is 5.82 Å². The third-order valence-electron chi connectivity index (χ3n) is 5.62. The number of pyridine rings is 1. The van der Waals surface area contributed by atoms with E-state index in [0.717, 1.165) is 19.4 Å². The predicted molar refractivity (Wildman–Crippen MR) is 102 cm³/mol. The maximum absolute atomic E-state index is 4.88. The first-order valence-electron chi connectivity index (χ1n) is 8.58. The van der Waals surface area contributed by atoms with Gasteiger partial charge < -0.3 is 4.57 Å². The van der Waals surface area contributed by atoms with Crippen LogP contribution in [0.5, 0.6) is 0 Å². The predicted octanol–water partition coefficient (Wildman–Crippen LogP) is 5.04. The molecule has 0 saturated carbocycles. The molecule has 23 heavy (non-hydrogen) atoms. The minimum Gasteiger partial charge on any atom is -0.382 e. The molecule has 0 bridgehead atoms. The molecule has 122 valence electrons. The zero-order chi connectivity index (χ0) is 16.7. The van der Waals surface area contributed by atoms with E-state index in [1.54, 1.807) is 0 Å². The normalized spacial score (nSPS) is 14.9. The van der Waals surface area contributed by atoms with E-state index in [9.17, 15) is 0 Å². The summed E-state index contributed by atoms with van der Waals surface area (Å²) in [6, 6.07) is 13.0. The Labute approximate surface area is 141 Å². The van der Waals surface area contributed by atoms with Crippen LogP contribution in [0.25, 0.3) is 0 Å². The Balaban J connectivity index is 1.86. The lowest BCUT2D eigenvalue weighted by atomic mass is 10.0. The van der Waals surface area contributed by atoms with Crippen LogP contribution in [0.2, 0.25) is 18.1 Å². The molecule has 1 aliphatic heterocycles. The summed E-state index contributed by atoms with van der Waals surface area (Å²) in [4.78, 5) is 4.88. The molecule has 0 amide bonds. The van der Waals surface area contributed by atoms with Gasteiger partial charge in [0.15, 0.2) is 8.24 Å². The highest BCUT2D eigenvalue weighted by Gasteiger charge is 2.44. The number of rotatable bonds is 3. The average Bonchev–Trinajstić information content (AvgIpc) is 2.91. The molecule has 3 rings (SSSR count). The van der Waals surface area contributed by atoms with Gasteiger partial charge in [-0.3, -0.25) is 0 Å². The molecule has 1 aliphatic rings. The summed E-state index contributed by atoms with van der Waals surface area (Å²) in [5.41, 5.74) is 4.11. The summed E-state index contributed by atoms with van der Waals surface area (Å²) >= 11 is 0. The maximum Gasteiger partial charge on any atom is 0.157 e. The minimum atomic E-state index is -1.54. The number of hydrogen-bond donors (Lipinski definition) is 0. The van der Waals surface area contributed by atoms with Gasteiger partial charge in [0.2, 0.25) is 0 Å². The largest absolute Gasteiger partial charge is 0.382 e. The fourth-order valence-electron chi connectivity index (χ4n) is 3.20. The third kappa shape index (κ3) is 3.07. The van der Waals surface area contributed by atoms with Crippen molar-refractivity contribution in [1.29, 1.82) is 0 Å². The van der Waals surface area contributed by atoms with Gasteiger partial charge in [0.1, 0.15) is 5.82 Å². The maximum atomic E-state index is 4.88. The van der Waals surface area contributed by atoms with E-state index in [1.165, 1.54) is 22.5 Å². The molecule has 1 aromatic heterocycles. The first kappa shape index (κ1) is 16.3. The van der Waals surface area contributed by atoms with Gasteiger partial charge in [-0.2, -0.15) is 0 Å². The lowest BCUT2D eigenvalue weighted by Gasteiger charge is -2.44. The molecule has 1 aromatic carbocycles. The van der Waals surface area contributed by atoms with Crippen LogP contribution < -0.4 is 4.57 Å². The van der Waals surface area contributed by atoms with Crippen LogP contribution >= 0.6 is 0 Å². The summed E-state index contributed by atoms with van der Waals surface area (Å²) in [7, 11) is -1.54. The molecule has 2 nitrogen and oxygen atoms in total. The molecule has 0 atom stereocenters. The van der Waals surface area contributed by atoms with Crippen LogP contribution in [0.3, 0.4) is 0 Å². The highest BCUT2D eigenvalue weighted by Crippen LogP contribution is 2.43. The first-order valence-corrected chi connectivity index (χ1v) is 11.5. The van der Waals surface area contributed by atoms with E-state index < -0.39 is 8.24 Å². The van der Waals surface area contributed by atoms with Gasteiger partial charge in [-0.05, 0) is 34.6 Å². The van der Waals surface area contributed by atoms with E-state index in [-0.39, 0.29) is 0 Å². The summed E-state index contributed by atoms with van der Waals surface area (Å²) in [5, 5.41) is 0.346. The Morgan fingerprint density at radius 2 is 1.78 bits per heavy atom. The molecule has 2 aromatic rings. The molecule has 2 heterocycles. The highest BCUT2D eigenvalue weighted by molar-refractivity contribution is 6.83. The lowest BCUT2D eigenvalue weighted by molar-refractivity contribution is 0.706. The number of nitrogens with zero attached hydrogens (tertiary/aromatic N) is 2. The molecule has 0 saturated heterocycles. The van der Waals surface area contributed by atoms with Crippen molar-refractivity contribution in [2.24, 2.45) is 0 Å². The average molecular weight is 325 g/mol. The monoisotopic (exact) mass is 324 g/mol. The Kier molecular flexibility index (Phi) is 4.09. The van der Waals surface area contributed by atoms with Crippen molar-refractivity contribution < 1.29 is 0 Å². The molecular weight excluding hydrogens is 296 g/mol. The van der Waals surface area contributed by atoms with Gasteiger partial charge >= 0.3 is 0 Å². The van der Waals surface area contributed by atoms with Gasteiger partial charge in [-0.25, -0.2) is 4.98 Å². The van der Waals surface area contributed by atoms with Crippen LogP contribution in [-0.4, -0.2) is 19.8 Å². The number of aromatic nitrogens is 1. The highest BCUT2D eigenvalue weighted by atomic mass is 28.3. The van der Waals surface area contributed by atoms with Gasteiger partial charge in [-0.15, -0.1) is 0 Å². The fourth-order valence-corrected chi connectivity index (χ4v) is 5.41. The van der Waals surface area contributed by atoms with Crippen LogP contribution in [0.1, 0.15) is 37.5 Å². The van der Waals surface area contributed by atoms with Crippen LogP contribution in [-0.2, 0) is 12.8 Å². The second kappa shape index (κ2) is 5.79. The summed E-state index contributed by atoms with van der Waals surface area (Å²) in [6.07, 6.45) is 4.19. The Morgan fingerprint density at radius 3 is 2.43 bits per heavy atom. The molecule has 0 unspecified atom stereocenters. The number of anilines is 1. The van der Waals surface area contributed by atoms with Gasteiger partial charge in [0, 0.05) is 12.7 Å². The van der Waals surface area contributed by atoms with Crippen molar-refractivity contribution in [3.63, 3.8) is 0 Å². The van der Waals surface area contributed by atoms with Crippen molar-refractivity contribution >= 4 is 14.1 Å². The van der Waals surface area contributed by atoms with E-state index >= 15 is 0 Å². The zero-order valence-corrected chi connectivity index (χ0v) is 16.1. The van der Waals surface area contributed by atoms with E-state index in [4.69, 9.17) is 4.98 Å². The minimum absolute atomic E-state index is 0.346. The van der Waals surface area contributed by atoms with Crippen molar-refractivity contribution in [3.8, 4) is 0 Å². The molecule has 0 aliphatic carbocycles. The van der Waals surface area contributed by atoms with Gasteiger partial charge in [-0.1, -0.05) is 70.3 Å². The van der Waals surface area contributed by atoms with Crippen LogP contribution in [0, 0.1) is 0 Å². The van der Waals surface area contributed by atoms with Gasteiger partial charge in [0.25, 0.3) is 0 Å². The van der Waals surface area contributed by atoms with E-state index in [0.29, 0.717) is 5.04 Å². The van der Waals surface area contributed by atoms with Crippen molar-refractivity contribution in [2.75, 3.05) is 11.1 Å². The first-order chi connectivity index (χ1) is 10.8. The number of hydrogen-bond acceptors (Lipinski definition) is 2. The molecule has 0 radical (unpaired) electrons. The molecular formula is C20H28N2Si. The standard InChI is InChI=1S/C20H28N2Si/c1-20(2,3)23(4,5)22-12-11-18-14-17(15-21-19(18)22)13-16-9-7-6-8-10-16/h6-10,14-15H,11-13H2,1-5H3. The van der Waals surface area contributed by atoms with Crippen molar-refractivity contribution in [1.82, 2.24) is 4.98 Å². The topological polar surface area (TPSA) is 16.1 Å². The summed E-state index contributed by atoms with van der Waals surface area (Å²) < 4.78 is 2.63. The quantitative estimate of drug-likeness (QED) is 0.735. The summed E-state index contributed by atoms with van der Waals surface area (Å²) in [5.74, 6) is 1.24. The zero-order valence-electron chi connectivity index (χ0n) is 15.1. The van der Waals surface area contributed by atoms with E-state index in [2.05, 4.69) is 81.0 Å².